The van der Waals surface area contributed by atoms with Crippen LogP contribution in [0.3, 0.4) is 0 Å². The quantitative estimate of drug-likeness (QED) is 0.0936. The molecule has 0 spiro atoms. The fourth-order valence-corrected chi connectivity index (χ4v) is 5.45. The standard InChI is InChI=1S/C28H61NO3P/c1-6-7-8-9-10-11-12-13-14-19-24-29-33(30,31-25-20-15-17-22-27(2)3)32-26-21-16-18-23-28(4)5/h27-30H,6-26H2,1-5H3/q+1. The van der Waals surface area contributed by atoms with Crippen molar-refractivity contribution in [3.8, 4) is 0 Å². The summed E-state index contributed by atoms with van der Waals surface area (Å²) in [7, 11) is -2.93. The number of hydrogen-bond donors (Lipinski definition) is 2. The number of rotatable bonds is 26. The van der Waals surface area contributed by atoms with Crippen LogP contribution >= 0.6 is 8.09 Å². The van der Waals surface area contributed by atoms with Crippen LogP contribution in [0.25, 0.3) is 0 Å². The number of nitrogens with one attached hydrogen (secondary N) is 1. The lowest BCUT2D eigenvalue weighted by molar-refractivity contribution is 0.160. The summed E-state index contributed by atoms with van der Waals surface area (Å²) in [6, 6.07) is 0. The van der Waals surface area contributed by atoms with Gasteiger partial charge >= 0.3 is 8.09 Å². The van der Waals surface area contributed by atoms with Gasteiger partial charge in [-0.2, -0.15) is 13.9 Å². The van der Waals surface area contributed by atoms with Gasteiger partial charge in [0.15, 0.2) is 0 Å². The van der Waals surface area contributed by atoms with Crippen molar-refractivity contribution in [1.82, 2.24) is 5.09 Å². The first kappa shape index (κ1) is 33.3. The van der Waals surface area contributed by atoms with Crippen molar-refractivity contribution < 1.29 is 13.9 Å². The van der Waals surface area contributed by atoms with E-state index >= 15 is 0 Å². The zero-order valence-electron chi connectivity index (χ0n) is 23.2. The van der Waals surface area contributed by atoms with Crippen molar-refractivity contribution >= 4 is 8.09 Å². The second-order valence-corrected chi connectivity index (χ2v) is 12.6. The highest BCUT2D eigenvalue weighted by atomic mass is 31.2. The molecule has 0 aliphatic carbocycles. The van der Waals surface area contributed by atoms with E-state index in [0.29, 0.717) is 13.2 Å². The summed E-state index contributed by atoms with van der Waals surface area (Å²) in [5.74, 6) is 1.52. The Morgan fingerprint density at radius 2 is 0.970 bits per heavy atom. The van der Waals surface area contributed by atoms with E-state index in [1.807, 2.05) is 0 Å². The fourth-order valence-electron chi connectivity index (χ4n) is 4.00. The first-order valence-electron chi connectivity index (χ1n) is 14.6. The van der Waals surface area contributed by atoms with Gasteiger partial charge in [-0.3, -0.25) is 0 Å². The van der Waals surface area contributed by atoms with Crippen LogP contribution in [0, 0.1) is 11.8 Å². The highest BCUT2D eigenvalue weighted by Gasteiger charge is 2.40. The van der Waals surface area contributed by atoms with Crippen LogP contribution in [0.15, 0.2) is 0 Å². The van der Waals surface area contributed by atoms with Crippen molar-refractivity contribution in [2.75, 3.05) is 19.8 Å². The molecule has 0 saturated carbocycles. The van der Waals surface area contributed by atoms with Crippen molar-refractivity contribution in [2.24, 2.45) is 11.8 Å². The number of hydrogen-bond acceptors (Lipinski definition) is 4. The molecular formula is C28H61NO3P+. The van der Waals surface area contributed by atoms with E-state index in [4.69, 9.17) is 9.05 Å². The van der Waals surface area contributed by atoms with E-state index < -0.39 is 8.09 Å². The summed E-state index contributed by atoms with van der Waals surface area (Å²) in [5, 5.41) is 3.26. The van der Waals surface area contributed by atoms with Gasteiger partial charge in [-0.1, -0.05) is 131 Å². The molecule has 0 fully saturated rings. The van der Waals surface area contributed by atoms with Gasteiger partial charge < -0.3 is 0 Å². The lowest BCUT2D eigenvalue weighted by atomic mass is 10.1. The summed E-state index contributed by atoms with van der Waals surface area (Å²) in [4.78, 5) is 11.0. The van der Waals surface area contributed by atoms with Crippen LogP contribution < -0.4 is 5.09 Å². The average molecular weight is 491 g/mol. The summed E-state index contributed by atoms with van der Waals surface area (Å²) in [5.41, 5.74) is 0. The largest absolute Gasteiger partial charge is 0.499 e. The SMILES string of the molecule is CCCCCCCCCCCCN[P+](O)(OCCCCCC(C)C)OCCCCCC(C)C. The fraction of sp³-hybridized carbons (Fsp3) is 1.00. The molecule has 0 aromatic carbocycles. The summed E-state index contributed by atoms with van der Waals surface area (Å²) in [6.45, 7) is 13.3. The van der Waals surface area contributed by atoms with E-state index in [-0.39, 0.29) is 0 Å². The maximum absolute atomic E-state index is 11.0. The summed E-state index contributed by atoms with van der Waals surface area (Å²) >= 11 is 0. The van der Waals surface area contributed by atoms with Crippen molar-refractivity contribution in [3.63, 3.8) is 0 Å². The Labute approximate surface area is 209 Å². The third kappa shape index (κ3) is 25.2. The second-order valence-electron chi connectivity index (χ2n) is 10.8. The molecule has 0 heterocycles. The molecule has 0 radical (unpaired) electrons. The van der Waals surface area contributed by atoms with Gasteiger partial charge in [0.05, 0.1) is 13.2 Å². The minimum absolute atomic E-state index is 0.584. The Bertz CT molecular complexity index is 373. The summed E-state index contributed by atoms with van der Waals surface area (Å²) in [6.07, 6.45) is 22.5. The second kappa shape index (κ2) is 24.0. The van der Waals surface area contributed by atoms with E-state index in [1.54, 1.807) is 0 Å². The summed E-state index contributed by atoms with van der Waals surface area (Å²) < 4.78 is 11.8. The highest BCUT2D eigenvalue weighted by molar-refractivity contribution is 7.58. The maximum Gasteiger partial charge on any atom is 0.499 e. The van der Waals surface area contributed by atoms with Gasteiger partial charge in [-0.05, 0) is 31.1 Å². The first-order chi connectivity index (χ1) is 15.9. The third-order valence-electron chi connectivity index (χ3n) is 6.23. The number of unbranched alkanes of at least 4 members (excludes halogenated alkanes) is 13. The molecule has 0 saturated heterocycles. The molecule has 0 aromatic rings. The lowest BCUT2D eigenvalue weighted by Gasteiger charge is -2.17. The Morgan fingerprint density at radius 1 is 0.576 bits per heavy atom. The molecule has 5 heteroatoms. The van der Waals surface area contributed by atoms with Gasteiger partial charge in [0.2, 0.25) is 0 Å². The Hall–Kier alpha value is 0.270. The topological polar surface area (TPSA) is 50.7 Å². The van der Waals surface area contributed by atoms with Crippen molar-refractivity contribution in [1.29, 1.82) is 0 Å². The van der Waals surface area contributed by atoms with Crippen molar-refractivity contribution in [2.45, 2.75) is 150 Å². The monoisotopic (exact) mass is 490 g/mol. The molecule has 0 atom stereocenters. The minimum Gasteiger partial charge on any atom is -0.178 e. The van der Waals surface area contributed by atoms with Crippen molar-refractivity contribution in [3.05, 3.63) is 0 Å². The van der Waals surface area contributed by atoms with Crippen LogP contribution in [0.5, 0.6) is 0 Å². The van der Waals surface area contributed by atoms with E-state index in [2.05, 4.69) is 39.7 Å². The van der Waals surface area contributed by atoms with Crippen LogP contribution in [0.1, 0.15) is 150 Å². The third-order valence-corrected chi connectivity index (χ3v) is 7.91. The van der Waals surface area contributed by atoms with Crippen LogP contribution in [-0.4, -0.2) is 24.7 Å². The maximum atomic E-state index is 11.0. The predicted molar refractivity (Wildman–Crippen MR) is 148 cm³/mol. The zero-order valence-corrected chi connectivity index (χ0v) is 24.1. The van der Waals surface area contributed by atoms with E-state index in [0.717, 1.165) is 50.5 Å². The van der Waals surface area contributed by atoms with E-state index in [1.165, 1.54) is 83.5 Å². The molecule has 0 aromatic heterocycles. The zero-order chi connectivity index (χ0) is 24.6. The molecular weight excluding hydrogens is 429 g/mol. The van der Waals surface area contributed by atoms with Gasteiger partial charge in [-0.15, -0.1) is 5.09 Å². The molecule has 0 aliphatic heterocycles. The normalized spacial score (nSPS) is 12.4. The molecule has 0 aliphatic rings. The molecule has 2 N–H and O–H groups in total. The Morgan fingerprint density at radius 3 is 1.39 bits per heavy atom. The molecule has 0 amide bonds. The smallest absolute Gasteiger partial charge is 0.178 e. The Kier molecular flexibility index (Phi) is 24.2. The highest BCUT2D eigenvalue weighted by Crippen LogP contribution is 2.52. The molecule has 33 heavy (non-hydrogen) atoms. The van der Waals surface area contributed by atoms with Gasteiger partial charge in [0.25, 0.3) is 0 Å². The van der Waals surface area contributed by atoms with Crippen LogP contribution in [0.2, 0.25) is 0 Å². The van der Waals surface area contributed by atoms with Gasteiger partial charge in [0, 0.05) is 6.54 Å². The van der Waals surface area contributed by atoms with E-state index in [9.17, 15) is 4.89 Å². The Balaban J connectivity index is 4.03. The van der Waals surface area contributed by atoms with Crippen LogP contribution in [0.4, 0.5) is 0 Å². The van der Waals surface area contributed by atoms with Gasteiger partial charge in [0.1, 0.15) is 0 Å². The predicted octanol–water partition coefficient (Wildman–Crippen LogP) is 9.63. The molecule has 200 valence electrons. The minimum atomic E-state index is -2.93. The first-order valence-corrected chi connectivity index (χ1v) is 16.1. The van der Waals surface area contributed by atoms with Gasteiger partial charge in [-0.25, -0.2) is 0 Å². The van der Waals surface area contributed by atoms with Crippen LogP contribution in [-0.2, 0) is 9.05 Å². The molecule has 0 bridgehead atoms. The molecule has 0 rings (SSSR count). The lowest BCUT2D eigenvalue weighted by Crippen LogP contribution is -2.22. The molecule has 0 unspecified atom stereocenters. The molecule has 4 nitrogen and oxygen atoms in total. The average Bonchev–Trinajstić information content (AvgIpc) is 2.76.